The topological polar surface area (TPSA) is 23.8 Å². The van der Waals surface area contributed by atoms with Gasteiger partial charge in [-0.3, -0.25) is 0 Å². The van der Waals surface area contributed by atoms with E-state index in [9.17, 15) is 18.4 Å². The lowest BCUT2D eigenvalue weighted by Gasteiger charge is -2.40. The zero-order chi connectivity index (χ0) is 14.7. The Kier molecular flexibility index (Phi) is 5.22. The molecule has 0 atom stereocenters. The Morgan fingerprint density at radius 3 is 2.11 bits per heavy atom. The molecule has 19 heavy (non-hydrogen) atoms. The summed E-state index contributed by atoms with van der Waals surface area (Å²) in [5.74, 6) is 0.571. The number of nitriles is 1. The van der Waals surface area contributed by atoms with Crippen molar-refractivity contribution in [3.63, 3.8) is 0 Å². The van der Waals surface area contributed by atoms with E-state index in [1.807, 2.05) is 0 Å². The van der Waals surface area contributed by atoms with E-state index in [4.69, 9.17) is 0 Å². The normalized spacial score (nSPS) is 29.0. The van der Waals surface area contributed by atoms with Gasteiger partial charge in [0.25, 0.3) is 0 Å². The van der Waals surface area contributed by atoms with Crippen LogP contribution in [0, 0.1) is 28.1 Å². The first kappa shape index (κ1) is 16.7. The minimum atomic E-state index is -4.18. The van der Waals surface area contributed by atoms with Crippen LogP contribution in [-0.4, -0.2) is 11.3 Å². The lowest BCUT2D eigenvalue weighted by Crippen LogP contribution is -2.32. The molecule has 0 spiro atoms. The van der Waals surface area contributed by atoms with Crippen LogP contribution in [0.15, 0.2) is 0 Å². The van der Waals surface area contributed by atoms with Gasteiger partial charge in [0.2, 0.25) is 0 Å². The van der Waals surface area contributed by atoms with Gasteiger partial charge in [0.15, 0.2) is 0 Å². The molecule has 0 aliphatic heterocycles. The minimum absolute atomic E-state index is 0.00273. The SMILES string of the molecule is CC(C)(C)C1CCC(C#N)(CCSC(F)(F)F)CC1. The first-order valence-electron chi connectivity index (χ1n) is 6.70. The quantitative estimate of drug-likeness (QED) is 0.698. The fraction of sp³-hybridized carbons (Fsp3) is 0.929. The number of hydrogen-bond donors (Lipinski definition) is 0. The fourth-order valence-corrected chi connectivity index (χ4v) is 3.54. The highest BCUT2D eigenvalue weighted by molar-refractivity contribution is 8.00. The predicted octanol–water partition coefficient (Wildman–Crippen LogP) is 5.38. The summed E-state index contributed by atoms with van der Waals surface area (Å²) in [7, 11) is 0. The summed E-state index contributed by atoms with van der Waals surface area (Å²) < 4.78 is 36.4. The monoisotopic (exact) mass is 293 g/mol. The molecule has 0 bridgehead atoms. The van der Waals surface area contributed by atoms with Crippen molar-refractivity contribution in [3.8, 4) is 6.07 Å². The van der Waals surface area contributed by atoms with E-state index in [1.165, 1.54) is 0 Å². The van der Waals surface area contributed by atoms with Crippen molar-refractivity contribution in [1.29, 1.82) is 5.26 Å². The van der Waals surface area contributed by atoms with Gasteiger partial charge in [-0.05, 0) is 43.4 Å². The number of rotatable bonds is 3. The number of hydrogen-bond acceptors (Lipinski definition) is 2. The summed E-state index contributed by atoms with van der Waals surface area (Å²) in [6.07, 6.45) is 3.74. The zero-order valence-corrected chi connectivity index (χ0v) is 12.6. The fourth-order valence-electron chi connectivity index (χ4n) is 2.82. The second-order valence-corrected chi connectivity index (χ2v) is 7.74. The Labute approximate surface area is 117 Å². The van der Waals surface area contributed by atoms with Crippen molar-refractivity contribution < 1.29 is 13.2 Å². The summed E-state index contributed by atoms with van der Waals surface area (Å²) in [5, 5.41) is 9.32. The lowest BCUT2D eigenvalue weighted by molar-refractivity contribution is -0.0329. The molecule has 0 amide bonds. The number of alkyl halides is 3. The molecule has 0 aromatic heterocycles. The molecular formula is C14H22F3NS. The highest BCUT2D eigenvalue weighted by atomic mass is 32.2. The molecule has 0 saturated heterocycles. The van der Waals surface area contributed by atoms with Crippen LogP contribution >= 0.6 is 11.8 Å². The molecule has 110 valence electrons. The first-order valence-corrected chi connectivity index (χ1v) is 7.68. The third kappa shape index (κ3) is 5.25. The third-order valence-corrected chi connectivity index (χ3v) is 4.99. The van der Waals surface area contributed by atoms with Crippen LogP contribution in [0.3, 0.4) is 0 Å². The minimum Gasteiger partial charge on any atom is -0.198 e. The molecule has 1 nitrogen and oxygen atoms in total. The van der Waals surface area contributed by atoms with Gasteiger partial charge < -0.3 is 0 Å². The molecule has 5 heteroatoms. The van der Waals surface area contributed by atoms with Gasteiger partial charge in [0, 0.05) is 5.75 Å². The summed E-state index contributed by atoms with van der Waals surface area (Å²) in [6, 6.07) is 2.29. The van der Waals surface area contributed by atoms with Crippen molar-refractivity contribution in [3.05, 3.63) is 0 Å². The maximum absolute atomic E-state index is 12.1. The molecule has 1 aliphatic rings. The molecule has 0 aromatic rings. The Morgan fingerprint density at radius 1 is 1.21 bits per heavy atom. The zero-order valence-electron chi connectivity index (χ0n) is 11.8. The molecule has 1 fully saturated rings. The second kappa shape index (κ2) is 5.95. The molecule has 1 rings (SSSR count). The van der Waals surface area contributed by atoms with Gasteiger partial charge in [0.1, 0.15) is 0 Å². The standard InChI is InChI=1S/C14H22F3NS/c1-12(2,3)11-4-6-13(10-18,7-5-11)8-9-19-14(15,16)17/h11H,4-9H2,1-3H3. The van der Waals surface area contributed by atoms with Crippen molar-refractivity contribution in [1.82, 2.24) is 0 Å². The average molecular weight is 293 g/mol. The number of halogens is 3. The molecule has 0 aromatic carbocycles. The van der Waals surface area contributed by atoms with Crippen LogP contribution in [0.2, 0.25) is 0 Å². The highest BCUT2D eigenvalue weighted by Gasteiger charge is 2.39. The Bertz CT molecular complexity index is 325. The van der Waals surface area contributed by atoms with Gasteiger partial charge >= 0.3 is 5.51 Å². The smallest absolute Gasteiger partial charge is 0.198 e. The van der Waals surface area contributed by atoms with E-state index in [0.717, 1.165) is 25.7 Å². The highest BCUT2D eigenvalue weighted by Crippen LogP contribution is 2.47. The van der Waals surface area contributed by atoms with E-state index in [-0.39, 0.29) is 22.9 Å². The van der Waals surface area contributed by atoms with E-state index >= 15 is 0 Å². The van der Waals surface area contributed by atoms with Crippen LogP contribution < -0.4 is 0 Å². The average Bonchev–Trinajstić information content (AvgIpc) is 2.26. The van der Waals surface area contributed by atoms with Crippen LogP contribution in [-0.2, 0) is 0 Å². The Balaban J connectivity index is 2.50. The molecule has 0 radical (unpaired) electrons. The van der Waals surface area contributed by atoms with Crippen molar-refractivity contribution in [2.24, 2.45) is 16.7 Å². The van der Waals surface area contributed by atoms with E-state index in [2.05, 4.69) is 26.8 Å². The second-order valence-electron chi connectivity index (χ2n) is 6.58. The summed E-state index contributed by atoms with van der Waals surface area (Å²) in [5.41, 5.74) is -4.48. The largest absolute Gasteiger partial charge is 0.441 e. The van der Waals surface area contributed by atoms with Crippen LogP contribution in [0.1, 0.15) is 52.9 Å². The number of nitrogens with zero attached hydrogens (tertiary/aromatic N) is 1. The predicted molar refractivity (Wildman–Crippen MR) is 72.6 cm³/mol. The van der Waals surface area contributed by atoms with E-state index in [1.54, 1.807) is 0 Å². The van der Waals surface area contributed by atoms with E-state index < -0.39 is 10.9 Å². The summed E-state index contributed by atoms with van der Waals surface area (Å²) >= 11 is -0.00364. The van der Waals surface area contributed by atoms with Gasteiger partial charge in [-0.15, -0.1) is 0 Å². The molecule has 0 unspecified atom stereocenters. The van der Waals surface area contributed by atoms with Gasteiger partial charge in [-0.25, -0.2) is 0 Å². The van der Waals surface area contributed by atoms with Crippen molar-refractivity contribution in [2.75, 3.05) is 5.75 Å². The molecule has 1 aliphatic carbocycles. The third-order valence-electron chi connectivity index (χ3n) is 4.25. The van der Waals surface area contributed by atoms with E-state index in [0.29, 0.717) is 12.3 Å². The summed E-state index contributed by atoms with van der Waals surface area (Å²) in [6.45, 7) is 6.57. The molecular weight excluding hydrogens is 271 g/mol. The van der Waals surface area contributed by atoms with Crippen LogP contribution in [0.5, 0.6) is 0 Å². The summed E-state index contributed by atoms with van der Waals surface area (Å²) in [4.78, 5) is 0. The van der Waals surface area contributed by atoms with Gasteiger partial charge in [-0.2, -0.15) is 18.4 Å². The maximum atomic E-state index is 12.1. The number of thioether (sulfide) groups is 1. The van der Waals surface area contributed by atoms with Crippen molar-refractivity contribution >= 4 is 11.8 Å². The van der Waals surface area contributed by atoms with Crippen LogP contribution in [0.25, 0.3) is 0 Å². The van der Waals surface area contributed by atoms with Crippen LogP contribution in [0.4, 0.5) is 13.2 Å². The van der Waals surface area contributed by atoms with Crippen molar-refractivity contribution in [2.45, 2.75) is 58.4 Å². The Morgan fingerprint density at radius 2 is 1.74 bits per heavy atom. The lowest BCUT2D eigenvalue weighted by atomic mass is 9.64. The first-order chi connectivity index (χ1) is 8.58. The van der Waals surface area contributed by atoms with Gasteiger partial charge in [0.05, 0.1) is 11.5 Å². The molecule has 0 heterocycles. The molecule has 1 saturated carbocycles. The van der Waals surface area contributed by atoms with Gasteiger partial charge in [-0.1, -0.05) is 32.5 Å². The Hall–Kier alpha value is -0.370. The maximum Gasteiger partial charge on any atom is 0.441 e. The molecule has 0 N–H and O–H groups in total.